The van der Waals surface area contributed by atoms with Gasteiger partial charge in [0.1, 0.15) is 0 Å². The second-order valence-corrected chi connectivity index (χ2v) is 4.96. The Balaban J connectivity index is 2.30. The third-order valence-electron chi connectivity index (χ3n) is 3.42. The largest absolute Gasteiger partial charge is 0.332 e. The number of hydrogen-bond donors (Lipinski definition) is 0. The van der Waals surface area contributed by atoms with Crippen LogP contribution in [0.2, 0.25) is 0 Å². The molecule has 1 amide bonds. The highest BCUT2D eigenvalue weighted by molar-refractivity contribution is 5.76. The van der Waals surface area contributed by atoms with Crippen LogP contribution in [0.3, 0.4) is 0 Å². The van der Waals surface area contributed by atoms with Crippen molar-refractivity contribution in [1.29, 1.82) is 0 Å². The third-order valence-corrected chi connectivity index (χ3v) is 3.42. The van der Waals surface area contributed by atoms with Gasteiger partial charge in [-0.15, -0.1) is 0 Å². The molecule has 1 saturated heterocycles. The number of amides is 1. The number of hydrogen-bond acceptors (Lipinski definition) is 3. The SMILES string of the molecule is CCC(=O)N1CCCC[C@H]1c1nc(C)cc(C)n1. The number of carbonyl (C=O) groups is 1. The molecule has 0 aromatic carbocycles. The molecule has 0 saturated carbocycles. The van der Waals surface area contributed by atoms with Gasteiger partial charge in [0.25, 0.3) is 0 Å². The molecule has 0 spiro atoms. The van der Waals surface area contributed by atoms with E-state index in [0.29, 0.717) is 6.42 Å². The first-order chi connectivity index (χ1) is 8.61. The normalized spacial score (nSPS) is 19.9. The van der Waals surface area contributed by atoms with Gasteiger partial charge >= 0.3 is 0 Å². The van der Waals surface area contributed by atoms with Crippen molar-refractivity contribution in [3.05, 3.63) is 23.3 Å². The maximum atomic E-state index is 12.0. The molecular formula is C14H21N3O. The van der Waals surface area contributed by atoms with Crippen LogP contribution in [0.15, 0.2) is 6.07 Å². The lowest BCUT2D eigenvalue weighted by molar-refractivity contribution is -0.134. The molecule has 1 fully saturated rings. The molecule has 0 aliphatic carbocycles. The number of piperidine rings is 1. The Morgan fingerprint density at radius 1 is 1.33 bits per heavy atom. The standard InChI is InChI=1S/C14H21N3O/c1-4-13(18)17-8-6-5-7-12(17)14-15-10(2)9-11(3)16-14/h9,12H,4-8H2,1-3H3/t12-/m0/s1. The van der Waals surface area contributed by atoms with Crippen molar-refractivity contribution in [3.63, 3.8) is 0 Å². The Bertz CT molecular complexity index is 424. The summed E-state index contributed by atoms with van der Waals surface area (Å²) >= 11 is 0. The molecule has 1 aromatic heterocycles. The Morgan fingerprint density at radius 3 is 2.61 bits per heavy atom. The fourth-order valence-electron chi connectivity index (χ4n) is 2.60. The Kier molecular flexibility index (Phi) is 3.94. The summed E-state index contributed by atoms with van der Waals surface area (Å²) in [4.78, 5) is 23.0. The van der Waals surface area contributed by atoms with E-state index in [1.807, 2.05) is 31.7 Å². The van der Waals surface area contributed by atoms with Gasteiger partial charge in [-0.1, -0.05) is 6.92 Å². The summed E-state index contributed by atoms with van der Waals surface area (Å²) in [5, 5.41) is 0. The van der Waals surface area contributed by atoms with Gasteiger partial charge in [0, 0.05) is 24.4 Å². The van der Waals surface area contributed by atoms with Gasteiger partial charge in [-0.3, -0.25) is 4.79 Å². The minimum atomic E-state index is 0.0739. The molecule has 0 N–H and O–H groups in total. The first kappa shape index (κ1) is 13.0. The maximum absolute atomic E-state index is 12.0. The van der Waals surface area contributed by atoms with Crippen molar-refractivity contribution >= 4 is 5.91 Å². The number of aryl methyl sites for hydroxylation is 2. The topological polar surface area (TPSA) is 46.1 Å². The number of aromatic nitrogens is 2. The number of rotatable bonds is 2. The molecule has 1 aromatic rings. The zero-order valence-electron chi connectivity index (χ0n) is 11.4. The molecule has 1 aliphatic heterocycles. The maximum Gasteiger partial charge on any atom is 0.222 e. The van der Waals surface area contributed by atoms with Gasteiger partial charge in [0.15, 0.2) is 5.82 Å². The quantitative estimate of drug-likeness (QED) is 0.807. The van der Waals surface area contributed by atoms with Gasteiger partial charge in [0.05, 0.1) is 6.04 Å². The van der Waals surface area contributed by atoms with Crippen molar-refractivity contribution in [3.8, 4) is 0 Å². The molecule has 1 atom stereocenters. The number of nitrogens with zero attached hydrogens (tertiary/aromatic N) is 3. The van der Waals surface area contributed by atoms with E-state index >= 15 is 0 Å². The first-order valence-corrected chi connectivity index (χ1v) is 6.73. The van der Waals surface area contributed by atoms with E-state index in [4.69, 9.17) is 0 Å². The molecule has 0 bridgehead atoms. The smallest absolute Gasteiger partial charge is 0.222 e. The molecule has 0 unspecified atom stereocenters. The van der Waals surface area contributed by atoms with Crippen molar-refractivity contribution in [2.45, 2.75) is 52.5 Å². The highest BCUT2D eigenvalue weighted by Crippen LogP contribution is 2.29. The summed E-state index contributed by atoms with van der Waals surface area (Å²) in [6.45, 7) is 6.71. The average molecular weight is 247 g/mol. The fraction of sp³-hybridized carbons (Fsp3) is 0.643. The minimum absolute atomic E-state index is 0.0739. The van der Waals surface area contributed by atoms with E-state index in [-0.39, 0.29) is 11.9 Å². The highest BCUT2D eigenvalue weighted by Gasteiger charge is 2.29. The van der Waals surface area contributed by atoms with Crippen LogP contribution in [-0.2, 0) is 4.79 Å². The van der Waals surface area contributed by atoms with Crippen LogP contribution in [-0.4, -0.2) is 27.3 Å². The highest BCUT2D eigenvalue weighted by atomic mass is 16.2. The fourth-order valence-corrected chi connectivity index (χ4v) is 2.60. The van der Waals surface area contributed by atoms with Gasteiger partial charge in [0.2, 0.25) is 5.91 Å². The van der Waals surface area contributed by atoms with E-state index in [1.54, 1.807) is 0 Å². The van der Waals surface area contributed by atoms with E-state index in [0.717, 1.165) is 43.0 Å². The van der Waals surface area contributed by atoms with Crippen LogP contribution in [0.25, 0.3) is 0 Å². The van der Waals surface area contributed by atoms with Crippen molar-refractivity contribution in [2.75, 3.05) is 6.54 Å². The lowest BCUT2D eigenvalue weighted by atomic mass is 10.0. The second kappa shape index (κ2) is 5.46. The van der Waals surface area contributed by atoms with Crippen LogP contribution in [0, 0.1) is 13.8 Å². The summed E-state index contributed by atoms with van der Waals surface area (Å²) in [5.74, 6) is 1.02. The monoisotopic (exact) mass is 247 g/mol. The number of likely N-dealkylation sites (tertiary alicyclic amines) is 1. The van der Waals surface area contributed by atoms with Gasteiger partial charge in [-0.05, 0) is 39.2 Å². The van der Waals surface area contributed by atoms with Crippen LogP contribution in [0.4, 0.5) is 0 Å². The minimum Gasteiger partial charge on any atom is -0.332 e. The van der Waals surface area contributed by atoms with E-state index < -0.39 is 0 Å². The van der Waals surface area contributed by atoms with E-state index in [1.165, 1.54) is 0 Å². The van der Waals surface area contributed by atoms with Crippen LogP contribution in [0.1, 0.15) is 55.9 Å². The summed E-state index contributed by atoms with van der Waals surface area (Å²) in [5.41, 5.74) is 1.96. The number of carbonyl (C=O) groups excluding carboxylic acids is 1. The van der Waals surface area contributed by atoms with Crippen LogP contribution >= 0.6 is 0 Å². The van der Waals surface area contributed by atoms with Gasteiger partial charge in [-0.25, -0.2) is 9.97 Å². The summed E-state index contributed by atoms with van der Waals surface area (Å²) in [6.07, 6.45) is 3.78. The molecule has 4 heteroatoms. The molecule has 1 aliphatic rings. The Hall–Kier alpha value is -1.45. The predicted octanol–water partition coefficient (Wildman–Crippen LogP) is 2.56. The summed E-state index contributed by atoms with van der Waals surface area (Å²) in [6, 6.07) is 2.04. The summed E-state index contributed by atoms with van der Waals surface area (Å²) < 4.78 is 0. The Labute approximate surface area is 108 Å². The molecule has 98 valence electrons. The van der Waals surface area contributed by atoms with Crippen molar-refractivity contribution in [1.82, 2.24) is 14.9 Å². The second-order valence-electron chi connectivity index (χ2n) is 4.96. The lowest BCUT2D eigenvalue weighted by Gasteiger charge is -2.34. The third kappa shape index (κ3) is 2.68. The average Bonchev–Trinajstić information content (AvgIpc) is 2.36. The first-order valence-electron chi connectivity index (χ1n) is 6.73. The molecular weight excluding hydrogens is 226 g/mol. The summed E-state index contributed by atoms with van der Waals surface area (Å²) in [7, 11) is 0. The van der Waals surface area contributed by atoms with Crippen molar-refractivity contribution in [2.24, 2.45) is 0 Å². The van der Waals surface area contributed by atoms with Gasteiger partial charge in [-0.2, -0.15) is 0 Å². The van der Waals surface area contributed by atoms with Crippen LogP contribution < -0.4 is 0 Å². The zero-order valence-corrected chi connectivity index (χ0v) is 11.4. The lowest BCUT2D eigenvalue weighted by Crippen LogP contribution is -2.39. The van der Waals surface area contributed by atoms with Gasteiger partial charge < -0.3 is 4.90 Å². The molecule has 0 radical (unpaired) electrons. The molecule has 2 rings (SSSR count). The predicted molar refractivity (Wildman–Crippen MR) is 70.1 cm³/mol. The van der Waals surface area contributed by atoms with E-state index in [9.17, 15) is 4.79 Å². The van der Waals surface area contributed by atoms with E-state index in [2.05, 4.69) is 9.97 Å². The van der Waals surface area contributed by atoms with Crippen molar-refractivity contribution < 1.29 is 4.79 Å². The molecule has 18 heavy (non-hydrogen) atoms. The Morgan fingerprint density at radius 2 is 2.00 bits per heavy atom. The molecule has 2 heterocycles. The van der Waals surface area contributed by atoms with Crippen LogP contribution in [0.5, 0.6) is 0 Å². The zero-order chi connectivity index (χ0) is 13.1. The molecule has 4 nitrogen and oxygen atoms in total.